The van der Waals surface area contributed by atoms with Crippen molar-refractivity contribution in [3.8, 4) is 6.07 Å². The summed E-state index contributed by atoms with van der Waals surface area (Å²) >= 11 is 2.74. The average molecular weight is 418 g/mol. The molecule has 0 radical (unpaired) electrons. The normalized spacial score (nSPS) is 10.4. The molecule has 6 nitrogen and oxygen atoms in total. The molecular weight excluding hydrogens is 394 g/mol. The number of hydrogen-bond donors (Lipinski definition) is 0. The van der Waals surface area contributed by atoms with E-state index >= 15 is 0 Å². The highest BCUT2D eigenvalue weighted by atomic mass is 32.2. The summed E-state index contributed by atoms with van der Waals surface area (Å²) in [5.74, 6) is -0.173. The molecule has 1 amide bonds. The number of aromatic nitrogens is 1. The summed E-state index contributed by atoms with van der Waals surface area (Å²) in [4.78, 5) is 30.4. The molecule has 8 heteroatoms. The predicted octanol–water partition coefficient (Wildman–Crippen LogP) is 3.90. The molecule has 2 rings (SSSR count). The molecule has 0 aliphatic carbocycles. The Bertz CT molecular complexity index is 874. The molecule has 0 aliphatic heterocycles. The number of nitriles is 1. The zero-order chi connectivity index (χ0) is 20.5. The van der Waals surface area contributed by atoms with Crippen LogP contribution in [0.25, 0.3) is 0 Å². The second kappa shape index (κ2) is 10.8. The fourth-order valence-electron chi connectivity index (χ4n) is 2.45. The van der Waals surface area contributed by atoms with Crippen molar-refractivity contribution < 1.29 is 14.3 Å². The summed E-state index contributed by atoms with van der Waals surface area (Å²) in [6.07, 6.45) is 0.403. The Morgan fingerprint density at radius 3 is 2.79 bits per heavy atom. The molecule has 28 heavy (non-hydrogen) atoms. The number of carbonyl (C=O) groups is 2. The first-order valence-electron chi connectivity index (χ1n) is 8.92. The molecule has 0 saturated heterocycles. The van der Waals surface area contributed by atoms with Gasteiger partial charge in [-0.05, 0) is 44.0 Å². The topological polar surface area (TPSA) is 83.3 Å². The average Bonchev–Trinajstić information content (AvgIpc) is 3.10. The molecule has 0 saturated carbocycles. The SMILES string of the molecule is CCOC(=O)Cc1csc(SCC(=O)N(CCC#N)c2ccc(C)c(C)c2)n1. The number of thiazole rings is 1. The van der Waals surface area contributed by atoms with Gasteiger partial charge in [-0.15, -0.1) is 11.3 Å². The third-order valence-corrected chi connectivity index (χ3v) is 6.09. The highest BCUT2D eigenvalue weighted by Crippen LogP contribution is 2.25. The van der Waals surface area contributed by atoms with Crippen molar-refractivity contribution in [1.29, 1.82) is 5.26 Å². The number of nitrogens with zero attached hydrogens (tertiary/aromatic N) is 3. The lowest BCUT2D eigenvalue weighted by Crippen LogP contribution is -2.33. The van der Waals surface area contributed by atoms with Gasteiger partial charge < -0.3 is 9.64 Å². The Labute approximate surface area is 173 Å². The third kappa shape index (κ3) is 6.36. The van der Waals surface area contributed by atoms with Crippen molar-refractivity contribution >= 4 is 40.7 Å². The number of carbonyl (C=O) groups excluding carboxylic acids is 2. The molecule has 0 unspecified atom stereocenters. The number of esters is 1. The Morgan fingerprint density at radius 2 is 2.11 bits per heavy atom. The molecule has 0 N–H and O–H groups in total. The van der Waals surface area contributed by atoms with Gasteiger partial charge >= 0.3 is 5.97 Å². The van der Waals surface area contributed by atoms with Gasteiger partial charge in [0, 0.05) is 17.6 Å². The molecule has 0 spiro atoms. The summed E-state index contributed by atoms with van der Waals surface area (Å²) in [6.45, 7) is 6.48. The van der Waals surface area contributed by atoms with E-state index in [-0.39, 0.29) is 30.5 Å². The van der Waals surface area contributed by atoms with Crippen molar-refractivity contribution in [3.05, 3.63) is 40.4 Å². The van der Waals surface area contributed by atoms with Crippen LogP contribution in [0.1, 0.15) is 30.2 Å². The van der Waals surface area contributed by atoms with E-state index in [4.69, 9.17) is 10.00 Å². The lowest BCUT2D eigenvalue weighted by atomic mass is 10.1. The van der Waals surface area contributed by atoms with E-state index in [9.17, 15) is 9.59 Å². The Morgan fingerprint density at radius 1 is 1.32 bits per heavy atom. The van der Waals surface area contributed by atoms with Crippen LogP contribution in [0.4, 0.5) is 5.69 Å². The van der Waals surface area contributed by atoms with Crippen LogP contribution in [-0.4, -0.2) is 35.8 Å². The van der Waals surface area contributed by atoms with Gasteiger partial charge in [0.05, 0.1) is 37.0 Å². The first-order valence-corrected chi connectivity index (χ1v) is 10.8. The minimum absolute atomic E-state index is 0.0781. The minimum atomic E-state index is -0.308. The second-order valence-corrected chi connectivity index (χ2v) is 8.18. The maximum absolute atomic E-state index is 12.8. The fourth-order valence-corrected chi connectivity index (χ4v) is 4.17. The maximum atomic E-state index is 12.8. The minimum Gasteiger partial charge on any atom is -0.466 e. The van der Waals surface area contributed by atoms with Gasteiger partial charge in [0.2, 0.25) is 5.91 Å². The lowest BCUT2D eigenvalue weighted by Gasteiger charge is -2.22. The molecule has 0 aliphatic rings. The number of thioether (sulfide) groups is 1. The van der Waals surface area contributed by atoms with Crippen LogP contribution in [0.5, 0.6) is 0 Å². The van der Waals surface area contributed by atoms with Crippen molar-refractivity contribution in [2.75, 3.05) is 23.8 Å². The van der Waals surface area contributed by atoms with E-state index in [0.717, 1.165) is 21.2 Å². The Hall–Kier alpha value is -2.37. The van der Waals surface area contributed by atoms with Crippen molar-refractivity contribution in [3.63, 3.8) is 0 Å². The summed E-state index contributed by atoms with van der Waals surface area (Å²) in [5, 5.41) is 10.7. The third-order valence-electron chi connectivity index (χ3n) is 4.03. The molecule has 148 valence electrons. The number of benzene rings is 1. The number of aryl methyl sites for hydroxylation is 2. The summed E-state index contributed by atoms with van der Waals surface area (Å²) < 4.78 is 5.65. The zero-order valence-electron chi connectivity index (χ0n) is 16.2. The molecule has 0 bridgehead atoms. The van der Waals surface area contributed by atoms with E-state index < -0.39 is 0 Å². The molecule has 1 aromatic carbocycles. The van der Waals surface area contributed by atoms with E-state index in [2.05, 4.69) is 11.1 Å². The van der Waals surface area contributed by atoms with Gasteiger partial charge in [-0.1, -0.05) is 17.8 Å². The second-order valence-electron chi connectivity index (χ2n) is 6.10. The summed E-state index contributed by atoms with van der Waals surface area (Å²) in [5.41, 5.74) is 3.70. The maximum Gasteiger partial charge on any atom is 0.311 e. The van der Waals surface area contributed by atoms with Crippen LogP contribution >= 0.6 is 23.1 Å². The largest absolute Gasteiger partial charge is 0.466 e. The van der Waals surface area contributed by atoms with Gasteiger partial charge in [0.25, 0.3) is 0 Å². The van der Waals surface area contributed by atoms with Crippen LogP contribution < -0.4 is 4.90 Å². The highest BCUT2D eigenvalue weighted by Gasteiger charge is 2.17. The molecule has 0 atom stereocenters. The van der Waals surface area contributed by atoms with Gasteiger partial charge in [-0.25, -0.2) is 4.98 Å². The predicted molar refractivity (Wildman–Crippen MR) is 112 cm³/mol. The van der Waals surface area contributed by atoms with Crippen molar-refractivity contribution in [1.82, 2.24) is 4.98 Å². The number of hydrogen-bond acceptors (Lipinski definition) is 7. The van der Waals surface area contributed by atoms with Crippen LogP contribution in [0.3, 0.4) is 0 Å². The molecular formula is C20H23N3O3S2. The van der Waals surface area contributed by atoms with Gasteiger partial charge in [-0.2, -0.15) is 5.26 Å². The quantitative estimate of drug-likeness (QED) is 0.454. The van der Waals surface area contributed by atoms with E-state index in [0.29, 0.717) is 18.8 Å². The Balaban J connectivity index is 2.01. The summed E-state index contributed by atoms with van der Waals surface area (Å²) in [6, 6.07) is 7.95. The fraction of sp³-hybridized carbons (Fsp3) is 0.400. The molecule has 1 aromatic heterocycles. The van der Waals surface area contributed by atoms with Crippen LogP contribution in [-0.2, 0) is 20.7 Å². The summed E-state index contributed by atoms with van der Waals surface area (Å²) in [7, 11) is 0. The van der Waals surface area contributed by atoms with Gasteiger partial charge in [0.1, 0.15) is 0 Å². The smallest absolute Gasteiger partial charge is 0.311 e. The zero-order valence-corrected chi connectivity index (χ0v) is 17.9. The van der Waals surface area contributed by atoms with Gasteiger partial charge in [-0.3, -0.25) is 9.59 Å². The van der Waals surface area contributed by atoms with Crippen LogP contribution in [0, 0.1) is 25.2 Å². The van der Waals surface area contributed by atoms with Gasteiger partial charge in [0.15, 0.2) is 4.34 Å². The molecule has 2 aromatic rings. The van der Waals surface area contributed by atoms with Crippen molar-refractivity contribution in [2.45, 2.75) is 38.0 Å². The molecule has 0 fully saturated rings. The van der Waals surface area contributed by atoms with Crippen molar-refractivity contribution in [2.24, 2.45) is 0 Å². The van der Waals surface area contributed by atoms with E-state index in [1.165, 1.54) is 23.1 Å². The lowest BCUT2D eigenvalue weighted by molar-refractivity contribution is -0.142. The first-order chi connectivity index (χ1) is 13.4. The van der Waals surface area contributed by atoms with E-state index in [1.807, 2.05) is 32.0 Å². The van der Waals surface area contributed by atoms with Crippen LogP contribution in [0.2, 0.25) is 0 Å². The Kier molecular flexibility index (Phi) is 8.48. The first kappa shape index (κ1) is 21.9. The van der Waals surface area contributed by atoms with Crippen LogP contribution in [0.15, 0.2) is 27.9 Å². The number of ether oxygens (including phenoxy) is 1. The highest BCUT2D eigenvalue weighted by molar-refractivity contribution is 8.01. The number of anilines is 1. The standard InChI is InChI=1S/C20H23N3O3S2/c1-4-26-19(25)11-16-12-27-20(22-16)28-13-18(24)23(9-5-8-21)17-7-6-14(2)15(3)10-17/h6-7,10,12H,4-5,9,11,13H2,1-3H3. The number of amides is 1. The monoisotopic (exact) mass is 417 g/mol. The molecule has 1 heterocycles. The number of rotatable bonds is 9. The van der Waals surface area contributed by atoms with E-state index in [1.54, 1.807) is 17.2 Å².